The summed E-state index contributed by atoms with van der Waals surface area (Å²) in [6.45, 7) is 16.8. The lowest BCUT2D eigenvalue weighted by Gasteiger charge is -2.24. The molecule has 13 rings (SSSR count). The van der Waals surface area contributed by atoms with Crippen molar-refractivity contribution in [3.63, 3.8) is 0 Å². The minimum atomic E-state index is -4.86. The second kappa shape index (κ2) is 20.3. The van der Waals surface area contributed by atoms with Crippen LogP contribution in [0.3, 0.4) is 0 Å². The van der Waals surface area contributed by atoms with E-state index < -0.39 is 11.7 Å². The van der Waals surface area contributed by atoms with Crippen molar-refractivity contribution in [1.29, 1.82) is 10.5 Å². The van der Waals surface area contributed by atoms with Gasteiger partial charge in [-0.05, 0) is 190 Å². The fourth-order valence-corrected chi connectivity index (χ4v) is 13.2. The van der Waals surface area contributed by atoms with E-state index in [-0.39, 0.29) is 22.3 Å². The maximum absolute atomic E-state index is 15.9. The summed E-state index contributed by atoms with van der Waals surface area (Å²) >= 11 is 0. The second-order valence-corrected chi connectivity index (χ2v) is 23.0. The van der Waals surface area contributed by atoms with Crippen molar-refractivity contribution in [3.8, 4) is 90.3 Å². The highest BCUT2D eigenvalue weighted by Crippen LogP contribution is 2.50. The quantitative estimate of drug-likeness (QED) is 0.152. The SMILES string of the molecule is Cc1cc(C)cc(-c2ccc3c(c2)c2cc(-c4cc(C)cc(C)c4)ccc2n3-c2cccc(C#N)c2-c2c(-c3ccc(C#N)cc3C(F)(F)F)cccc2-n2c3ccc(-c4cc(C)cc(C)c4)cc3c3cc(-c4cc(C)cc(C)c4)ccc32)c1. The number of hydrogen-bond donors (Lipinski definition) is 0. The molecule has 7 heteroatoms. The van der Waals surface area contributed by atoms with Crippen molar-refractivity contribution < 1.29 is 13.2 Å². The molecule has 0 N–H and O–H groups in total. The Morgan fingerprint density at radius 2 is 0.667 bits per heavy atom. The highest BCUT2D eigenvalue weighted by Gasteiger charge is 2.36. The van der Waals surface area contributed by atoms with E-state index in [0.717, 1.165) is 139 Å². The first kappa shape index (κ1) is 53.1. The molecular formula is C77H57F3N4. The van der Waals surface area contributed by atoms with Gasteiger partial charge in [-0.15, -0.1) is 0 Å². The third kappa shape index (κ3) is 9.29. The molecule has 0 atom stereocenters. The minimum absolute atomic E-state index is 0.117. The number of nitriles is 2. The summed E-state index contributed by atoms with van der Waals surface area (Å²) in [5, 5.41) is 25.5. The van der Waals surface area contributed by atoms with Gasteiger partial charge in [0, 0.05) is 32.7 Å². The number of nitrogens with zero attached hydrogens (tertiary/aromatic N) is 4. The van der Waals surface area contributed by atoms with Crippen LogP contribution in [0.15, 0.2) is 200 Å². The zero-order valence-corrected chi connectivity index (χ0v) is 48.0. The van der Waals surface area contributed by atoms with Gasteiger partial charge in [-0.1, -0.05) is 166 Å². The van der Waals surface area contributed by atoms with E-state index in [0.29, 0.717) is 22.5 Å². The van der Waals surface area contributed by atoms with Crippen LogP contribution < -0.4 is 0 Å². The predicted octanol–water partition coefficient (Wildman–Crippen LogP) is 21.1. The van der Waals surface area contributed by atoms with Crippen LogP contribution in [0.5, 0.6) is 0 Å². The van der Waals surface area contributed by atoms with Crippen molar-refractivity contribution >= 4 is 43.6 Å². The summed E-state index contributed by atoms with van der Waals surface area (Å²) in [5.74, 6) is 0. The fourth-order valence-electron chi connectivity index (χ4n) is 13.2. The van der Waals surface area contributed by atoms with Crippen LogP contribution in [-0.2, 0) is 6.18 Å². The molecule has 0 aliphatic heterocycles. The van der Waals surface area contributed by atoms with Crippen molar-refractivity contribution in [2.24, 2.45) is 0 Å². The maximum Gasteiger partial charge on any atom is 0.417 e. The Hall–Kier alpha value is -10.2. The monoisotopic (exact) mass is 1090 g/mol. The molecule has 0 aliphatic carbocycles. The molecule has 13 aromatic rings. The van der Waals surface area contributed by atoms with E-state index in [4.69, 9.17) is 0 Å². The van der Waals surface area contributed by atoms with Gasteiger partial charge < -0.3 is 9.13 Å². The Morgan fingerprint density at radius 3 is 1.00 bits per heavy atom. The van der Waals surface area contributed by atoms with E-state index in [9.17, 15) is 10.5 Å². The van der Waals surface area contributed by atoms with E-state index in [1.54, 1.807) is 18.2 Å². The zero-order chi connectivity index (χ0) is 58.5. The molecule has 406 valence electrons. The Morgan fingerprint density at radius 1 is 0.321 bits per heavy atom. The Balaban J connectivity index is 1.17. The van der Waals surface area contributed by atoms with Gasteiger partial charge in [-0.25, -0.2) is 0 Å². The number of halogens is 3. The third-order valence-corrected chi connectivity index (χ3v) is 16.4. The molecule has 0 saturated heterocycles. The zero-order valence-electron chi connectivity index (χ0n) is 48.0. The molecule has 0 radical (unpaired) electrons. The lowest BCUT2D eigenvalue weighted by atomic mass is 9.86. The summed E-state index contributed by atoms with van der Waals surface area (Å²) in [5.41, 5.74) is 22.4. The van der Waals surface area contributed by atoms with Gasteiger partial charge in [0.05, 0.1) is 62.3 Å². The molecule has 0 unspecified atom stereocenters. The summed E-state index contributed by atoms with van der Waals surface area (Å²) in [6.07, 6.45) is -4.86. The van der Waals surface area contributed by atoms with Crippen LogP contribution in [0.25, 0.3) is 122 Å². The van der Waals surface area contributed by atoms with Gasteiger partial charge in [-0.3, -0.25) is 0 Å². The number of rotatable bonds is 8. The molecule has 4 nitrogen and oxygen atoms in total. The smallest absolute Gasteiger partial charge is 0.309 e. The largest absolute Gasteiger partial charge is 0.417 e. The number of alkyl halides is 3. The molecule has 0 bridgehead atoms. The van der Waals surface area contributed by atoms with Crippen molar-refractivity contribution in [2.45, 2.75) is 61.6 Å². The molecule has 0 amide bonds. The first-order chi connectivity index (χ1) is 40.4. The fraction of sp³-hybridized carbons (Fsp3) is 0.117. The van der Waals surface area contributed by atoms with Crippen LogP contribution in [0.4, 0.5) is 13.2 Å². The average molecular weight is 1100 g/mol. The van der Waals surface area contributed by atoms with Crippen molar-refractivity contribution in [1.82, 2.24) is 9.13 Å². The average Bonchev–Trinajstić information content (AvgIpc) is 2.21. The van der Waals surface area contributed by atoms with Crippen molar-refractivity contribution in [2.75, 3.05) is 0 Å². The predicted molar refractivity (Wildman–Crippen MR) is 340 cm³/mol. The highest BCUT2D eigenvalue weighted by molar-refractivity contribution is 6.15. The van der Waals surface area contributed by atoms with Gasteiger partial charge >= 0.3 is 6.18 Å². The van der Waals surface area contributed by atoms with Crippen LogP contribution in [0, 0.1) is 78.1 Å². The highest BCUT2D eigenvalue weighted by atomic mass is 19.4. The molecule has 0 saturated carbocycles. The molecule has 84 heavy (non-hydrogen) atoms. The van der Waals surface area contributed by atoms with Gasteiger partial charge in [0.2, 0.25) is 0 Å². The number of fused-ring (bicyclic) bond motifs is 6. The van der Waals surface area contributed by atoms with Crippen LogP contribution in [0.1, 0.15) is 61.2 Å². The lowest BCUT2D eigenvalue weighted by Crippen LogP contribution is -2.09. The first-order valence-corrected chi connectivity index (χ1v) is 28.2. The summed E-state index contributed by atoms with van der Waals surface area (Å²) < 4.78 is 51.9. The minimum Gasteiger partial charge on any atom is -0.309 e. The number of benzene rings is 11. The van der Waals surface area contributed by atoms with Crippen molar-refractivity contribution in [3.05, 3.63) is 261 Å². The molecule has 11 aromatic carbocycles. The molecule has 2 heterocycles. The third-order valence-electron chi connectivity index (χ3n) is 16.4. The number of aryl methyl sites for hydroxylation is 8. The summed E-state index contributed by atoms with van der Waals surface area (Å²) in [4.78, 5) is 0. The van der Waals surface area contributed by atoms with E-state index in [1.807, 2.05) is 24.3 Å². The second-order valence-electron chi connectivity index (χ2n) is 23.0. The molecular weight excluding hydrogens is 1040 g/mol. The number of hydrogen-bond acceptors (Lipinski definition) is 2. The Bertz CT molecular complexity index is 4710. The first-order valence-electron chi connectivity index (χ1n) is 28.2. The summed E-state index contributed by atoms with van der Waals surface area (Å²) in [6, 6.07) is 71.5. The van der Waals surface area contributed by atoms with E-state index >= 15 is 13.2 Å². The van der Waals surface area contributed by atoms with Crippen LogP contribution in [-0.4, -0.2) is 9.13 Å². The Labute approximate surface area is 487 Å². The normalized spacial score (nSPS) is 11.7. The maximum atomic E-state index is 15.9. The van der Waals surface area contributed by atoms with Gasteiger partial charge in [0.15, 0.2) is 0 Å². The standard InChI is InChI=1S/C77H57F3N4/c1-44-25-45(2)30-58(29-44)53-16-21-69-64(38-53)65-39-54(59-31-46(3)26-47(4)32-59)17-22-70(65)83(69)73-13-9-11-57(43-82)75(73)76-63(62-20-15-52(42-81)37-68(62)77(78,79)80)12-10-14-74(76)84-71-23-18-55(60-33-48(5)27-49(6)34-60)40-66(71)67-41-56(19-24-72(67)84)61-35-50(7)28-51(8)36-61/h9-41H,1-8H3. The van der Waals surface area contributed by atoms with E-state index in [2.05, 4.69) is 216 Å². The van der Waals surface area contributed by atoms with Gasteiger partial charge in [0.25, 0.3) is 0 Å². The van der Waals surface area contributed by atoms with Crippen LogP contribution in [0.2, 0.25) is 0 Å². The molecule has 0 aliphatic rings. The topological polar surface area (TPSA) is 57.4 Å². The molecule has 2 aromatic heterocycles. The Kier molecular flexibility index (Phi) is 12.9. The molecule has 0 fully saturated rings. The lowest BCUT2D eigenvalue weighted by molar-refractivity contribution is -0.137. The van der Waals surface area contributed by atoms with E-state index in [1.165, 1.54) is 12.1 Å². The van der Waals surface area contributed by atoms with Gasteiger partial charge in [-0.2, -0.15) is 23.7 Å². The summed E-state index contributed by atoms with van der Waals surface area (Å²) in [7, 11) is 0. The van der Waals surface area contributed by atoms with Crippen LogP contribution >= 0.6 is 0 Å². The van der Waals surface area contributed by atoms with Gasteiger partial charge in [0.1, 0.15) is 0 Å². The number of aromatic nitrogens is 2. The molecule has 0 spiro atoms.